The molecule has 0 aromatic carbocycles. The maximum absolute atomic E-state index is 13.4. The van der Waals surface area contributed by atoms with Crippen LogP contribution < -0.4 is 0 Å². The molecule has 0 heterocycles. The van der Waals surface area contributed by atoms with Crippen LogP contribution >= 0.6 is 0 Å². The molecule has 7 fully saturated rings. The van der Waals surface area contributed by atoms with E-state index in [1.165, 1.54) is 89.9 Å². The van der Waals surface area contributed by atoms with Crippen molar-refractivity contribution in [2.45, 2.75) is 89.9 Å². The fraction of sp³-hybridized carbons (Fsp3) is 0.929. The van der Waals surface area contributed by atoms with Crippen LogP contribution in [0.2, 0.25) is 0 Å². The number of ketones is 2. The normalized spacial score (nSPS) is 56.9. The van der Waals surface area contributed by atoms with Crippen molar-refractivity contribution in [1.82, 2.24) is 0 Å². The van der Waals surface area contributed by atoms with Gasteiger partial charge in [0.05, 0.1) is 0 Å². The molecule has 0 saturated heterocycles. The van der Waals surface area contributed by atoms with Gasteiger partial charge in [-0.3, -0.25) is 9.59 Å². The third kappa shape index (κ3) is 2.43. The summed E-state index contributed by atoms with van der Waals surface area (Å²) in [6.45, 7) is 0. The van der Waals surface area contributed by atoms with Crippen LogP contribution in [0.5, 0.6) is 0 Å². The van der Waals surface area contributed by atoms with Gasteiger partial charge in [-0.25, -0.2) is 0 Å². The van der Waals surface area contributed by atoms with Gasteiger partial charge in [-0.1, -0.05) is 25.7 Å². The van der Waals surface area contributed by atoms with Crippen molar-refractivity contribution in [3.05, 3.63) is 0 Å². The number of hydrogen-bond acceptors (Lipinski definition) is 2. The van der Waals surface area contributed by atoms with Crippen LogP contribution in [0.3, 0.4) is 0 Å². The zero-order chi connectivity index (χ0) is 20.0. The molecule has 164 valence electrons. The summed E-state index contributed by atoms with van der Waals surface area (Å²) in [6, 6.07) is 0. The molecule has 7 aliphatic rings. The first-order chi connectivity index (χ1) is 14.7. The first-order valence-corrected chi connectivity index (χ1v) is 13.8. The largest absolute Gasteiger partial charge is 0.299 e. The lowest BCUT2D eigenvalue weighted by Gasteiger charge is -2.56. The second kappa shape index (κ2) is 6.92. The lowest BCUT2D eigenvalue weighted by molar-refractivity contribution is -0.129. The molecule has 0 aliphatic heterocycles. The van der Waals surface area contributed by atoms with Crippen molar-refractivity contribution in [3.8, 4) is 0 Å². The molecule has 0 bridgehead atoms. The molecule has 7 aliphatic carbocycles. The Balaban J connectivity index is 1.23. The van der Waals surface area contributed by atoms with Gasteiger partial charge in [-0.15, -0.1) is 0 Å². The molecule has 7 saturated carbocycles. The van der Waals surface area contributed by atoms with Gasteiger partial charge < -0.3 is 0 Å². The van der Waals surface area contributed by atoms with E-state index in [9.17, 15) is 9.59 Å². The van der Waals surface area contributed by atoms with E-state index in [1.54, 1.807) is 0 Å². The molecule has 0 aromatic heterocycles. The Kier molecular flexibility index (Phi) is 4.35. The highest BCUT2D eigenvalue weighted by Crippen LogP contribution is 2.66. The third-order valence-corrected chi connectivity index (χ3v) is 12.1. The van der Waals surface area contributed by atoms with E-state index in [1.807, 2.05) is 0 Å². The molecule has 0 radical (unpaired) electrons. The maximum Gasteiger partial charge on any atom is 0.139 e. The van der Waals surface area contributed by atoms with Crippen LogP contribution in [-0.4, -0.2) is 11.6 Å². The van der Waals surface area contributed by atoms with Crippen molar-refractivity contribution in [2.75, 3.05) is 0 Å². The van der Waals surface area contributed by atoms with Crippen LogP contribution in [0.1, 0.15) is 89.9 Å². The van der Waals surface area contributed by atoms with Crippen molar-refractivity contribution in [1.29, 1.82) is 0 Å². The summed E-state index contributed by atoms with van der Waals surface area (Å²) in [5.74, 6) is 9.39. The number of carbonyl (C=O) groups is 2. The number of hydrogen-bond donors (Lipinski definition) is 0. The first kappa shape index (κ1) is 18.9. The maximum atomic E-state index is 13.4. The second-order valence-corrected chi connectivity index (χ2v) is 12.7. The topological polar surface area (TPSA) is 34.1 Å². The Labute approximate surface area is 182 Å². The average molecular weight is 409 g/mol. The summed E-state index contributed by atoms with van der Waals surface area (Å²) in [7, 11) is 0. The van der Waals surface area contributed by atoms with Gasteiger partial charge in [0, 0.05) is 23.7 Å². The van der Waals surface area contributed by atoms with E-state index in [0.717, 1.165) is 47.3 Å². The minimum Gasteiger partial charge on any atom is -0.299 e. The monoisotopic (exact) mass is 408 g/mol. The van der Waals surface area contributed by atoms with Crippen LogP contribution in [0, 0.1) is 71.0 Å². The van der Waals surface area contributed by atoms with E-state index in [-0.39, 0.29) is 0 Å². The Hall–Kier alpha value is -0.660. The first-order valence-electron chi connectivity index (χ1n) is 13.8. The predicted molar refractivity (Wildman–Crippen MR) is 117 cm³/mol. The molecule has 0 amide bonds. The molecule has 12 unspecified atom stereocenters. The van der Waals surface area contributed by atoms with Gasteiger partial charge in [0.15, 0.2) is 0 Å². The Bertz CT molecular complexity index is 741. The highest BCUT2D eigenvalue weighted by atomic mass is 16.1. The molecular weight excluding hydrogens is 368 g/mol. The van der Waals surface area contributed by atoms with E-state index in [2.05, 4.69) is 0 Å². The summed E-state index contributed by atoms with van der Waals surface area (Å²) in [6.07, 6.45) is 18.3. The van der Waals surface area contributed by atoms with Gasteiger partial charge in [0.1, 0.15) is 11.6 Å². The van der Waals surface area contributed by atoms with Gasteiger partial charge in [-0.2, -0.15) is 0 Å². The SMILES string of the molecule is O=C1C2CCCCC2C2C1CCC1C2CCC2CCC3C(=O)C4CCCCC4C3C21. The zero-order valence-corrected chi connectivity index (χ0v) is 18.6. The Morgan fingerprint density at radius 2 is 0.900 bits per heavy atom. The summed E-state index contributed by atoms with van der Waals surface area (Å²) in [5, 5.41) is 0. The molecular formula is C28H40O2. The summed E-state index contributed by atoms with van der Waals surface area (Å²) in [5.41, 5.74) is 0. The lowest BCUT2D eigenvalue weighted by atomic mass is 9.48. The molecule has 7 rings (SSSR count). The van der Waals surface area contributed by atoms with E-state index < -0.39 is 0 Å². The van der Waals surface area contributed by atoms with Gasteiger partial charge in [0.25, 0.3) is 0 Å². The lowest BCUT2D eigenvalue weighted by Crippen LogP contribution is -2.50. The van der Waals surface area contributed by atoms with Crippen molar-refractivity contribution in [2.24, 2.45) is 71.0 Å². The second-order valence-electron chi connectivity index (χ2n) is 12.7. The number of Topliss-reactive ketones (excluding diaryl/α,β-unsaturated/α-hetero) is 2. The minimum absolute atomic E-state index is 0.419. The van der Waals surface area contributed by atoms with Crippen LogP contribution in [0.15, 0.2) is 0 Å². The molecule has 2 nitrogen and oxygen atoms in total. The number of carbonyl (C=O) groups excluding carboxylic acids is 2. The number of fused-ring (bicyclic) bond motifs is 11. The van der Waals surface area contributed by atoms with Gasteiger partial charge in [-0.05, 0) is 112 Å². The van der Waals surface area contributed by atoms with E-state index in [4.69, 9.17) is 0 Å². The number of rotatable bonds is 0. The zero-order valence-electron chi connectivity index (χ0n) is 18.6. The van der Waals surface area contributed by atoms with E-state index in [0.29, 0.717) is 35.2 Å². The van der Waals surface area contributed by atoms with Crippen LogP contribution in [0.25, 0.3) is 0 Å². The molecule has 30 heavy (non-hydrogen) atoms. The fourth-order valence-corrected chi connectivity index (χ4v) is 11.3. The third-order valence-electron chi connectivity index (χ3n) is 12.1. The fourth-order valence-electron chi connectivity index (χ4n) is 11.3. The summed E-state index contributed by atoms with van der Waals surface area (Å²) < 4.78 is 0. The van der Waals surface area contributed by atoms with Gasteiger partial charge in [0.2, 0.25) is 0 Å². The average Bonchev–Trinajstić information content (AvgIpc) is 3.26. The van der Waals surface area contributed by atoms with Crippen molar-refractivity contribution in [3.63, 3.8) is 0 Å². The molecule has 0 spiro atoms. The minimum atomic E-state index is 0.419. The smallest absolute Gasteiger partial charge is 0.139 e. The predicted octanol–water partition coefficient (Wildman–Crippen LogP) is 6.08. The Morgan fingerprint density at radius 1 is 0.400 bits per heavy atom. The van der Waals surface area contributed by atoms with Crippen LogP contribution in [-0.2, 0) is 9.59 Å². The molecule has 0 aromatic rings. The highest BCUT2D eigenvalue weighted by molar-refractivity contribution is 5.87. The summed E-state index contributed by atoms with van der Waals surface area (Å²) >= 11 is 0. The van der Waals surface area contributed by atoms with E-state index >= 15 is 0 Å². The Morgan fingerprint density at radius 3 is 1.63 bits per heavy atom. The quantitative estimate of drug-likeness (QED) is 0.487. The standard InChI is InChI=1S/C28H40O2/c29-27-20-7-3-1-5-16(20)25-19-11-9-15-10-12-23-26(24(15)18(19)13-14-22(25)27)17-6-2-4-8-21(17)28(23)30/h15-26H,1-14H2. The van der Waals surface area contributed by atoms with Gasteiger partial charge >= 0.3 is 0 Å². The highest BCUT2D eigenvalue weighted by Gasteiger charge is 2.63. The van der Waals surface area contributed by atoms with Crippen molar-refractivity contribution < 1.29 is 9.59 Å². The van der Waals surface area contributed by atoms with Crippen molar-refractivity contribution >= 4 is 11.6 Å². The van der Waals surface area contributed by atoms with Crippen LogP contribution in [0.4, 0.5) is 0 Å². The molecule has 2 heteroatoms. The molecule has 12 atom stereocenters. The molecule has 0 N–H and O–H groups in total. The summed E-state index contributed by atoms with van der Waals surface area (Å²) in [4.78, 5) is 26.7.